The van der Waals surface area contributed by atoms with Crippen LogP contribution in [0.1, 0.15) is 26.3 Å². The van der Waals surface area contributed by atoms with E-state index in [1.807, 2.05) is 41.1 Å². The lowest BCUT2D eigenvalue weighted by Crippen LogP contribution is -2.12. The normalized spacial score (nSPS) is 11.1. The highest BCUT2D eigenvalue weighted by Gasteiger charge is 2.09. The molecule has 0 unspecified atom stereocenters. The van der Waals surface area contributed by atoms with Crippen molar-refractivity contribution < 1.29 is 4.79 Å². The van der Waals surface area contributed by atoms with Crippen molar-refractivity contribution in [2.45, 2.75) is 31.2 Å². The highest BCUT2D eigenvalue weighted by molar-refractivity contribution is 7.99. The second-order valence-electron chi connectivity index (χ2n) is 5.78. The van der Waals surface area contributed by atoms with Gasteiger partial charge in [0.2, 0.25) is 5.91 Å². The van der Waals surface area contributed by atoms with Crippen LogP contribution < -0.4 is 5.32 Å². The number of carbonyl (C=O) groups excluding carboxylic acids is 1. The number of nitrogens with one attached hydrogen (secondary N) is 1. The van der Waals surface area contributed by atoms with E-state index < -0.39 is 0 Å². The van der Waals surface area contributed by atoms with E-state index in [1.165, 1.54) is 4.90 Å². The molecule has 1 amide bonds. The number of amides is 1. The Bertz CT molecular complexity index is 829. The molecule has 24 heavy (non-hydrogen) atoms. The van der Waals surface area contributed by atoms with Crippen LogP contribution in [-0.2, 0) is 4.79 Å². The zero-order chi connectivity index (χ0) is 16.9. The van der Waals surface area contributed by atoms with Gasteiger partial charge >= 0.3 is 0 Å². The van der Waals surface area contributed by atoms with Crippen molar-refractivity contribution in [3.63, 3.8) is 0 Å². The summed E-state index contributed by atoms with van der Waals surface area (Å²) in [5.74, 6) is 0.743. The molecule has 0 aliphatic heterocycles. The zero-order valence-corrected chi connectivity index (χ0v) is 14.6. The summed E-state index contributed by atoms with van der Waals surface area (Å²) in [6.07, 6.45) is 3.93. The van der Waals surface area contributed by atoms with E-state index in [9.17, 15) is 4.79 Å². The summed E-state index contributed by atoms with van der Waals surface area (Å²) in [6, 6.07) is 12.3. The standard InChI is InChI=1S/C18H20N4OS/c1-13(2)22-18-14(11-20-22)10-15(12-19-18)21-17(23)8-9-24-16-6-4-3-5-7-16/h3-7,10-13H,8-9H2,1-2H3,(H,21,23). The third kappa shape index (κ3) is 3.94. The number of carbonyl (C=O) groups is 1. The molecule has 0 fully saturated rings. The van der Waals surface area contributed by atoms with Crippen molar-refractivity contribution in [2.75, 3.05) is 11.1 Å². The molecule has 1 aromatic carbocycles. The van der Waals surface area contributed by atoms with Gasteiger partial charge in [0, 0.05) is 28.5 Å². The Morgan fingerprint density at radius 1 is 1.25 bits per heavy atom. The first-order chi connectivity index (χ1) is 11.6. The second-order valence-corrected chi connectivity index (χ2v) is 6.95. The molecule has 0 aliphatic rings. The molecular formula is C18H20N4OS. The molecule has 2 heterocycles. The van der Waals surface area contributed by atoms with E-state index in [2.05, 4.69) is 29.2 Å². The molecule has 0 atom stereocenters. The number of benzene rings is 1. The smallest absolute Gasteiger partial charge is 0.225 e. The Morgan fingerprint density at radius 3 is 2.79 bits per heavy atom. The zero-order valence-electron chi connectivity index (χ0n) is 13.8. The Balaban J connectivity index is 1.57. The van der Waals surface area contributed by atoms with Crippen molar-refractivity contribution in [2.24, 2.45) is 0 Å². The SMILES string of the molecule is CC(C)n1ncc2cc(NC(=O)CCSc3ccccc3)cnc21. The lowest BCUT2D eigenvalue weighted by molar-refractivity contribution is -0.115. The van der Waals surface area contributed by atoms with Gasteiger partial charge in [-0.1, -0.05) is 18.2 Å². The average molecular weight is 340 g/mol. The van der Waals surface area contributed by atoms with Gasteiger partial charge in [-0.2, -0.15) is 5.10 Å². The average Bonchev–Trinajstić information content (AvgIpc) is 2.99. The van der Waals surface area contributed by atoms with E-state index in [0.29, 0.717) is 12.1 Å². The molecule has 0 saturated carbocycles. The molecule has 3 rings (SSSR count). The fraction of sp³-hybridized carbons (Fsp3) is 0.278. The molecule has 2 aromatic heterocycles. The van der Waals surface area contributed by atoms with Gasteiger partial charge in [-0.25, -0.2) is 9.67 Å². The summed E-state index contributed by atoms with van der Waals surface area (Å²) < 4.78 is 1.87. The number of hydrogen-bond donors (Lipinski definition) is 1. The van der Waals surface area contributed by atoms with E-state index >= 15 is 0 Å². The number of fused-ring (bicyclic) bond motifs is 1. The van der Waals surface area contributed by atoms with Gasteiger partial charge in [-0.3, -0.25) is 4.79 Å². The summed E-state index contributed by atoms with van der Waals surface area (Å²) >= 11 is 1.68. The molecule has 3 aromatic rings. The maximum absolute atomic E-state index is 12.1. The highest BCUT2D eigenvalue weighted by Crippen LogP contribution is 2.20. The van der Waals surface area contributed by atoms with Gasteiger partial charge < -0.3 is 5.32 Å². The third-order valence-electron chi connectivity index (χ3n) is 3.55. The Morgan fingerprint density at radius 2 is 2.04 bits per heavy atom. The minimum absolute atomic E-state index is 0.00386. The first-order valence-corrected chi connectivity index (χ1v) is 8.93. The van der Waals surface area contributed by atoms with Crippen LogP contribution in [0.2, 0.25) is 0 Å². The Kier molecular flexibility index (Phi) is 5.15. The van der Waals surface area contributed by atoms with Gasteiger partial charge in [0.15, 0.2) is 5.65 Å². The largest absolute Gasteiger partial charge is 0.325 e. The van der Waals surface area contributed by atoms with Crippen molar-refractivity contribution in [1.82, 2.24) is 14.8 Å². The number of nitrogens with zero attached hydrogens (tertiary/aromatic N) is 3. The number of pyridine rings is 1. The number of rotatable bonds is 6. The summed E-state index contributed by atoms with van der Waals surface area (Å²) in [5, 5.41) is 8.17. The summed E-state index contributed by atoms with van der Waals surface area (Å²) in [7, 11) is 0. The minimum Gasteiger partial charge on any atom is -0.325 e. The van der Waals surface area contributed by atoms with Crippen molar-refractivity contribution in [1.29, 1.82) is 0 Å². The monoisotopic (exact) mass is 340 g/mol. The Labute approximate surface area is 145 Å². The molecule has 0 radical (unpaired) electrons. The van der Waals surface area contributed by atoms with E-state index in [1.54, 1.807) is 24.2 Å². The van der Waals surface area contributed by atoms with Crippen molar-refractivity contribution in [3.05, 3.63) is 48.8 Å². The highest BCUT2D eigenvalue weighted by atomic mass is 32.2. The lowest BCUT2D eigenvalue weighted by Gasteiger charge is -2.07. The van der Waals surface area contributed by atoms with Crippen LogP contribution in [0.3, 0.4) is 0 Å². The summed E-state index contributed by atoms with van der Waals surface area (Å²) in [5.41, 5.74) is 1.54. The molecular weight excluding hydrogens is 320 g/mol. The third-order valence-corrected chi connectivity index (χ3v) is 4.56. The molecule has 0 saturated heterocycles. The molecule has 0 bridgehead atoms. The van der Waals surface area contributed by atoms with Crippen LogP contribution in [-0.4, -0.2) is 26.4 Å². The van der Waals surface area contributed by atoms with Gasteiger partial charge in [0.1, 0.15) is 0 Å². The second kappa shape index (κ2) is 7.49. The molecule has 5 nitrogen and oxygen atoms in total. The quantitative estimate of drug-likeness (QED) is 0.685. The first-order valence-electron chi connectivity index (χ1n) is 7.94. The van der Waals surface area contributed by atoms with Crippen LogP contribution in [0.15, 0.2) is 53.7 Å². The first kappa shape index (κ1) is 16.5. The molecule has 0 aliphatic carbocycles. The summed E-state index contributed by atoms with van der Waals surface area (Å²) in [6.45, 7) is 4.13. The maximum atomic E-state index is 12.1. The van der Waals surface area contributed by atoms with Crippen LogP contribution >= 0.6 is 11.8 Å². The van der Waals surface area contributed by atoms with E-state index in [-0.39, 0.29) is 11.9 Å². The van der Waals surface area contributed by atoms with Crippen LogP contribution in [0, 0.1) is 0 Å². The van der Waals surface area contributed by atoms with E-state index in [0.717, 1.165) is 16.8 Å². The van der Waals surface area contributed by atoms with Gasteiger partial charge in [0.05, 0.1) is 18.1 Å². The van der Waals surface area contributed by atoms with E-state index in [4.69, 9.17) is 0 Å². The van der Waals surface area contributed by atoms with Gasteiger partial charge in [-0.15, -0.1) is 11.8 Å². The van der Waals surface area contributed by atoms with Crippen LogP contribution in [0.5, 0.6) is 0 Å². The fourth-order valence-corrected chi connectivity index (χ4v) is 3.26. The number of aromatic nitrogens is 3. The van der Waals surface area contributed by atoms with Gasteiger partial charge in [0.25, 0.3) is 0 Å². The van der Waals surface area contributed by atoms with Crippen molar-refractivity contribution in [3.8, 4) is 0 Å². The van der Waals surface area contributed by atoms with Crippen LogP contribution in [0.25, 0.3) is 11.0 Å². The lowest BCUT2D eigenvalue weighted by atomic mass is 10.3. The number of anilines is 1. The minimum atomic E-state index is -0.00386. The predicted molar refractivity (Wildman–Crippen MR) is 98.3 cm³/mol. The molecule has 6 heteroatoms. The molecule has 1 N–H and O–H groups in total. The number of thioether (sulfide) groups is 1. The van der Waals surface area contributed by atoms with Crippen molar-refractivity contribution >= 4 is 34.4 Å². The summed E-state index contributed by atoms with van der Waals surface area (Å²) in [4.78, 5) is 17.7. The topological polar surface area (TPSA) is 59.8 Å². The Hall–Kier alpha value is -2.34. The molecule has 124 valence electrons. The van der Waals surface area contributed by atoms with Gasteiger partial charge in [-0.05, 0) is 32.0 Å². The molecule has 0 spiro atoms. The van der Waals surface area contributed by atoms with Crippen LogP contribution in [0.4, 0.5) is 5.69 Å². The number of hydrogen-bond acceptors (Lipinski definition) is 4. The fourth-order valence-electron chi connectivity index (χ4n) is 2.39. The maximum Gasteiger partial charge on any atom is 0.225 e. The predicted octanol–water partition coefficient (Wildman–Crippen LogP) is 4.13.